The first-order valence-corrected chi connectivity index (χ1v) is 7.68. The highest BCUT2D eigenvalue weighted by Gasteiger charge is 2.28. The molecule has 0 heterocycles. The molecule has 0 amide bonds. The average Bonchev–Trinajstić information content (AvgIpc) is 1.54. The lowest BCUT2D eigenvalue weighted by atomic mass is 9.70. The minimum absolute atomic E-state index is 0.622. The maximum atomic E-state index is 2.49. The summed E-state index contributed by atoms with van der Waals surface area (Å²) in [7, 11) is 3.09. The van der Waals surface area contributed by atoms with Gasteiger partial charge in [-0.2, -0.15) is 0 Å². The predicted molar refractivity (Wildman–Crippen MR) is 56.4 cm³/mol. The third-order valence-electron chi connectivity index (χ3n) is 1.61. The Bertz CT molecular complexity index is 112. The van der Waals surface area contributed by atoms with Gasteiger partial charge >= 0.3 is 0 Å². The van der Waals surface area contributed by atoms with E-state index < -0.39 is 8.24 Å². The number of rotatable bonds is 3. The fourth-order valence-electron chi connectivity index (χ4n) is 1.84. The van der Waals surface area contributed by atoms with Gasteiger partial charge < -0.3 is 4.59 Å². The summed E-state index contributed by atoms with van der Waals surface area (Å²) >= 11 is 0. The molecule has 0 radical (unpaired) electrons. The molecule has 0 saturated heterocycles. The van der Waals surface area contributed by atoms with E-state index in [1.807, 2.05) is 0 Å². The van der Waals surface area contributed by atoms with Gasteiger partial charge in [0, 0.05) is 0 Å². The average molecular weight is 172 g/mol. The minimum atomic E-state index is -1.15. The van der Waals surface area contributed by atoms with Crippen molar-refractivity contribution in [1.29, 1.82) is 0 Å². The summed E-state index contributed by atoms with van der Waals surface area (Å²) in [5.74, 6) is 0. The molecule has 0 atom stereocenters. The first kappa shape index (κ1) is 11.2. The summed E-state index contributed by atoms with van der Waals surface area (Å²) in [6, 6.07) is 0. The third kappa shape index (κ3) is 3.40. The molecule has 11 heavy (non-hydrogen) atoms. The van der Waals surface area contributed by atoms with Crippen LogP contribution in [0.4, 0.5) is 0 Å². The zero-order valence-electron chi connectivity index (χ0n) is 8.97. The smallest absolute Gasteiger partial charge is 0.225 e. The summed E-state index contributed by atoms with van der Waals surface area (Å²) in [6.45, 7) is 12.2. The molecule has 0 aliphatic heterocycles. The Morgan fingerprint density at radius 2 is 1.36 bits per heavy atom. The molecule has 66 valence electrons. The highest BCUT2D eigenvalue weighted by Crippen LogP contribution is 2.12. The van der Waals surface area contributed by atoms with Crippen molar-refractivity contribution in [2.45, 2.75) is 33.3 Å². The van der Waals surface area contributed by atoms with Gasteiger partial charge in [-0.05, 0) is 14.1 Å². The van der Waals surface area contributed by atoms with Gasteiger partial charge in [0.15, 0.2) is 0 Å². The Hall–Kier alpha value is 0.202. The van der Waals surface area contributed by atoms with Crippen LogP contribution in [0.25, 0.3) is 0 Å². The number of hydrogen-bond donors (Lipinski definition) is 0. The zero-order chi connectivity index (χ0) is 9.23. The Balaban J connectivity index is 4.35. The Labute approximate surface area is 72.7 Å². The fourth-order valence-corrected chi connectivity index (χ4v) is 4.59. The van der Waals surface area contributed by atoms with Crippen molar-refractivity contribution in [3.8, 4) is 0 Å². The molecule has 0 aromatic heterocycles. The predicted octanol–water partition coefficient (Wildman–Crippen LogP) is 1.85. The van der Waals surface area contributed by atoms with Crippen LogP contribution in [0.3, 0.4) is 0 Å². The quantitative estimate of drug-likeness (QED) is 0.473. The van der Waals surface area contributed by atoms with Crippen LogP contribution in [0, 0.1) is 0 Å². The lowest BCUT2D eigenvalue weighted by molar-refractivity contribution is 0.211. The molecule has 2 nitrogen and oxygen atoms in total. The van der Waals surface area contributed by atoms with E-state index in [9.17, 15) is 0 Å². The van der Waals surface area contributed by atoms with E-state index in [0.717, 1.165) is 0 Å². The molecule has 0 bridgehead atoms. The normalized spacial score (nSPS) is 12.8. The third-order valence-corrected chi connectivity index (χ3v) is 3.90. The summed E-state index contributed by atoms with van der Waals surface area (Å²) < 4.78 is 2.49. The van der Waals surface area contributed by atoms with Gasteiger partial charge in [0.25, 0.3) is 0 Å². The number of hydrazine groups is 1. The number of nitrogens with zero attached hydrogens (tertiary/aromatic N) is 2. The minimum Gasteiger partial charge on any atom is -0.302 e. The molecule has 4 heteroatoms. The van der Waals surface area contributed by atoms with Crippen LogP contribution in [-0.2, 0) is 0 Å². The van der Waals surface area contributed by atoms with Gasteiger partial charge in [0.1, 0.15) is 8.24 Å². The monoisotopic (exact) mass is 172 g/mol. The number of hydrogen-bond acceptors (Lipinski definition) is 2. The molecule has 0 fully saturated rings. The molecule has 0 rings (SSSR count). The van der Waals surface area contributed by atoms with E-state index in [2.05, 4.69) is 57.0 Å². The van der Waals surface area contributed by atoms with Gasteiger partial charge in [0.2, 0.25) is 6.85 Å². The summed E-state index contributed by atoms with van der Waals surface area (Å²) in [6.07, 6.45) is 0. The van der Waals surface area contributed by atoms with E-state index in [1.165, 1.54) is 0 Å². The molecule has 0 aromatic carbocycles. The van der Waals surface area contributed by atoms with E-state index in [1.54, 1.807) is 0 Å². The van der Waals surface area contributed by atoms with E-state index >= 15 is 0 Å². The van der Waals surface area contributed by atoms with Crippen molar-refractivity contribution in [3.63, 3.8) is 0 Å². The molecule has 0 N–H and O–H groups in total. The van der Waals surface area contributed by atoms with Crippen LogP contribution >= 0.6 is 0 Å². The maximum absolute atomic E-state index is 2.49. The van der Waals surface area contributed by atoms with Crippen molar-refractivity contribution in [2.75, 3.05) is 14.1 Å². The van der Waals surface area contributed by atoms with Crippen LogP contribution in [-0.4, -0.2) is 38.8 Å². The van der Waals surface area contributed by atoms with Gasteiger partial charge in [0.05, 0.1) is 0 Å². The van der Waals surface area contributed by atoms with Crippen LogP contribution in [0.1, 0.15) is 0 Å². The largest absolute Gasteiger partial charge is 0.302 e. The highest BCUT2D eigenvalue weighted by molar-refractivity contribution is 6.82. The highest BCUT2D eigenvalue weighted by atomic mass is 28.3. The van der Waals surface area contributed by atoms with Crippen LogP contribution in [0.5, 0.6) is 0 Å². The lowest BCUT2D eigenvalue weighted by Crippen LogP contribution is -2.58. The summed E-state index contributed by atoms with van der Waals surface area (Å²) in [5, 5.41) is 2.22. The Morgan fingerprint density at radius 3 is 1.36 bits per heavy atom. The van der Waals surface area contributed by atoms with E-state index in [4.69, 9.17) is 0 Å². The van der Waals surface area contributed by atoms with Gasteiger partial charge in [-0.25, -0.2) is 0 Å². The van der Waals surface area contributed by atoms with Crippen LogP contribution in [0.15, 0.2) is 0 Å². The van der Waals surface area contributed by atoms with Crippen molar-refractivity contribution in [3.05, 3.63) is 0 Å². The molecule has 0 spiro atoms. The molecule has 0 unspecified atom stereocenters. The lowest BCUT2D eigenvalue weighted by Gasteiger charge is -2.41. The summed E-state index contributed by atoms with van der Waals surface area (Å²) in [5.41, 5.74) is 0. The molecule has 0 saturated carbocycles. The van der Waals surface area contributed by atoms with Crippen LogP contribution in [0.2, 0.25) is 33.3 Å². The molecule has 0 aromatic rings. The van der Waals surface area contributed by atoms with Crippen LogP contribution < -0.4 is 0 Å². The zero-order valence-corrected chi connectivity index (χ0v) is 9.97. The van der Waals surface area contributed by atoms with Gasteiger partial charge in [-0.15, -0.1) is 0 Å². The van der Waals surface area contributed by atoms with E-state index in [0.29, 0.717) is 6.85 Å². The van der Waals surface area contributed by atoms with Crippen molar-refractivity contribution in [2.24, 2.45) is 0 Å². The van der Waals surface area contributed by atoms with Gasteiger partial charge in [-0.3, -0.25) is 5.01 Å². The van der Waals surface area contributed by atoms with Crippen molar-refractivity contribution in [1.82, 2.24) is 9.59 Å². The summed E-state index contributed by atoms with van der Waals surface area (Å²) in [4.78, 5) is 0. The fraction of sp³-hybridized carbons (Fsp3) is 1.00. The molecular formula is C7H21BN2Si. The first-order chi connectivity index (χ1) is 4.76. The topological polar surface area (TPSA) is 6.48 Å². The van der Waals surface area contributed by atoms with Crippen molar-refractivity contribution < 1.29 is 0 Å². The second-order valence-electron chi connectivity index (χ2n) is 4.46. The van der Waals surface area contributed by atoms with E-state index in [-0.39, 0.29) is 0 Å². The van der Waals surface area contributed by atoms with Gasteiger partial charge in [-0.1, -0.05) is 33.3 Å². The molecule has 0 aliphatic rings. The SMILES string of the molecule is CB(C)N(N(C)C)[Si](C)(C)C. The molecular weight excluding hydrogens is 151 g/mol. The second-order valence-corrected chi connectivity index (χ2v) is 9.26. The Morgan fingerprint density at radius 1 is 1.00 bits per heavy atom. The first-order valence-electron chi connectivity index (χ1n) is 4.23. The Kier molecular flexibility index (Phi) is 3.81. The maximum Gasteiger partial charge on any atom is 0.225 e. The molecule has 0 aliphatic carbocycles. The van der Waals surface area contributed by atoms with Crippen molar-refractivity contribution >= 4 is 15.1 Å². The second kappa shape index (κ2) is 3.74. The standard InChI is InChI=1S/C7H21BN2Si/c1-8(2)10(9(3)4)11(5,6)7/h1-7H3.